The molecule has 0 heterocycles. The van der Waals surface area contributed by atoms with Gasteiger partial charge < -0.3 is 5.32 Å². The summed E-state index contributed by atoms with van der Waals surface area (Å²) >= 11 is 3.40. The Bertz CT molecular complexity index is 733. The predicted molar refractivity (Wildman–Crippen MR) is 90.4 cm³/mol. The van der Waals surface area contributed by atoms with Crippen LogP contribution in [0, 0.1) is 13.8 Å². The van der Waals surface area contributed by atoms with E-state index in [2.05, 4.69) is 26.0 Å². The molecule has 0 fully saturated rings. The molecule has 0 aliphatic heterocycles. The van der Waals surface area contributed by atoms with Crippen molar-refractivity contribution in [2.45, 2.75) is 18.7 Å². The number of anilines is 2. The highest BCUT2D eigenvalue weighted by Gasteiger charge is 2.16. The van der Waals surface area contributed by atoms with E-state index in [1.54, 1.807) is 31.3 Å². The van der Waals surface area contributed by atoms with Crippen molar-refractivity contribution in [3.63, 3.8) is 0 Å². The minimum Gasteiger partial charge on any atom is -0.388 e. The zero-order valence-corrected chi connectivity index (χ0v) is 14.5. The minimum atomic E-state index is -3.59. The number of hydrogen-bond acceptors (Lipinski definition) is 3. The standard InChI is InChI=1S/C15H17BrN2O2S/c1-10-8-12(16)9-11(2)15(10)18-21(19,20)14-6-4-13(17-3)5-7-14/h4-9,17-18H,1-3H3. The van der Waals surface area contributed by atoms with Gasteiger partial charge in [-0.25, -0.2) is 8.42 Å². The second kappa shape index (κ2) is 6.07. The van der Waals surface area contributed by atoms with Crippen LogP contribution in [0.2, 0.25) is 0 Å². The van der Waals surface area contributed by atoms with E-state index in [0.29, 0.717) is 5.69 Å². The molecular weight excluding hydrogens is 352 g/mol. The van der Waals surface area contributed by atoms with Crippen LogP contribution >= 0.6 is 15.9 Å². The number of nitrogens with one attached hydrogen (secondary N) is 2. The molecule has 4 nitrogen and oxygen atoms in total. The lowest BCUT2D eigenvalue weighted by Gasteiger charge is -2.14. The van der Waals surface area contributed by atoms with Crippen molar-refractivity contribution in [2.75, 3.05) is 17.1 Å². The second-order valence-electron chi connectivity index (χ2n) is 4.79. The maximum Gasteiger partial charge on any atom is 0.261 e. The smallest absolute Gasteiger partial charge is 0.261 e. The summed E-state index contributed by atoms with van der Waals surface area (Å²) < 4.78 is 28.5. The third kappa shape index (κ3) is 3.57. The topological polar surface area (TPSA) is 58.2 Å². The van der Waals surface area contributed by atoms with E-state index < -0.39 is 10.0 Å². The van der Waals surface area contributed by atoms with Crippen LogP contribution < -0.4 is 10.0 Å². The molecule has 2 rings (SSSR count). The Labute approximate surface area is 133 Å². The summed E-state index contributed by atoms with van der Waals surface area (Å²) in [6, 6.07) is 10.4. The van der Waals surface area contributed by atoms with Gasteiger partial charge in [-0.15, -0.1) is 0 Å². The monoisotopic (exact) mass is 368 g/mol. The van der Waals surface area contributed by atoms with Crippen molar-refractivity contribution < 1.29 is 8.42 Å². The zero-order valence-electron chi connectivity index (χ0n) is 12.1. The van der Waals surface area contributed by atoms with Crippen LogP contribution in [0.1, 0.15) is 11.1 Å². The van der Waals surface area contributed by atoms with Crippen molar-refractivity contribution in [1.82, 2.24) is 0 Å². The van der Waals surface area contributed by atoms with E-state index in [-0.39, 0.29) is 4.90 Å². The van der Waals surface area contributed by atoms with Gasteiger partial charge in [-0.05, 0) is 61.4 Å². The van der Waals surface area contributed by atoms with E-state index in [1.165, 1.54) is 0 Å². The largest absolute Gasteiger partial charge is 0.388 e. The van der Waals surface area contributed by atoms with E-state index in [4.69, 9.17) is 0 Å². The summed E-state index contributed by atoms with van der Waals surface area (Å²) in [7, 11) is -1.80. The third-order valence-electron chi connectivity index (χ3n) is 3.19. The highest BCUT2D eigenvalue weighted by molar-refractivity contribution is 9.10. The maximum absolute atomic E-state index is 12.4. The zero-order chi connectivity index (χ0) is 15.6. The lowest BCUT2D eigenvalue weighted by molar-refractivity contribution is 0.601. The average Bonchev–Trinajstić information content (AvgIpc) is 2.43. The average molecular weight is 369 g/mol. The van der Waals surface area contributed by atoms with E-state index in [9.17, 15) is 8.42 Å². The molecule has 2 aromatic carbocycles. The summed E-state index contributed by atoms with van der Waals surface area (Å²) in [5, 5.41) is 2.96. The summed E-state index contributed by atoms with van der Waals surface area (Å²) in [6.07, 6.45) is 0. The van der Waals surface area contributed by atoms with E-state index in [0.717, 1.165) is 21.3 Å². The van der Waals surface area contributed by atoms with Crippen molar-refractivity contribution in [2.24, 2.45) is 0 Å². The van der Waals surface area contributed by atoms with Crippen molar-refractivity contribution in [1.29, 1.82) is 0 Å². The number of aryl methyl sites for hydroxylation is 2. The van der Waals surface area contributed by atoms with Gasteiger partial charge in [0.15, 0.2) is 0 Å². The van der Waals surface area contributed by atoms with Crippen LogP contribution in [0.5, 0.6) is 0 Å². The molecule has 0 aliphatic carbocycles. The molecular formula is C15H17BrN2O2S. The van der Waals surface area contributed by atoms with Gasteiger partial charge >= 0.3 is 0 Å². The molecule has 21 heavy (non-hydrogen) atoms. The van der Waals surface area contributed by atoms with Crippen LogP contribution in [0.25, 0.3) is 0 Å². The molecule has 0 atom stereocenters. The van der Waals surface area contributed by atoms with Gasteiger partial charge in [0, 0.05) is 17.2 Å². The number of rotatable bonds is 4. The molecule has 0 saturated heterocycles. The van der Waals surface area contributed by atoms with Gasteiger partial charge in [0.25, 0.3) is 10.0 Å². The minimum absolute atomic E-state index is 0.239. The summed E-state index contributed by atoms with van der Waals surface area (Å²) in [4.78, 5) is 0.239. The van der Waals surface area contributed by atoms with Crippen molar-refractivity contribution in [3.05, 3.63) is 52.0 Å². The lowest BCUT2D eigenvalue weighted by atomic mass is 10.1. The van der Waals surface area contributed by atoms with Crippen LogP contribution in [-0.2, 0) is 10.0 Å². The molecule has 2 N–H and O–H groups in total. The SMILES string of the molecule is CNc1ccc(S(=O)(=O)Nc2c(C)cc(Br)cc2C)cc1. The number of hydrogen-bond donors (Lipinski definition) is 2. The van der Waals surface area contributed by atoms with Crippen molar-refractivity contribution >= 4 is 37.3 Å². The number of sulfonamides is 1. The molecule has 0 aliphatic rings. The van der Waals surface area contributed by atoms with Crippen LogP contribution in [0.3, 0.4) is 0 Å². The van der Waals surface area contributed by atoms with E-state index >= 15 is 0 Å². The predicted octanol–water partition coefficient (Wildman–Crippen LogP) is 3.91. The molecule has 6 heteroatoms. The number of benzene rings is 2. The summed E-state index contributed by atoms with van der Waals surface area (Å²) in [5.74, 6) is 0. The molecule has 0 spiro atoms. The van der Waals surface area contributed by atoms with Gasteiger partial charge in [0.05, 0.1) is 10.6 Å². The first-order valence-corrected chi connectivity index (χ1v) is 8.68. The molecule has 0 aromatic heterocycles. The highest BCUT2D eigenvalue weighted by Crippen LogP contribution is 2.27. The molecule has 2 aromatic rings. The third-order valence-corrected chi connectivity index (χ3v) is 5.01. The van der Waals surface area contributed by atoms with Crippen LogP contribution in [0.15, 0.2) is 45.8 Å². The van der Waals surface area contributed by atoms with Crippen LogP contribution in [0.4, 0.5) is 11.4 Å². The molecule has 0 unspecified atom stereocenters. The molecule has 0 bridgehead atoms. The quantitative estimate of drug-likeness (QED) is 0.859. The molecule has 112 valence electrons. The molecule has 0 amide bonds. The van der Waals surface area contributed by atoms with Gasteiger partial charge in [0.1, 0.15) is 0 Å². The molecule has 0 saturated carbocycles. The summed E-state index contributed by atoms with van der Waals surface area (Å²) in [5.41, 5.74) is 3.23. The fraction of sp³-hybridized carbons (Fsp3) is 0.200. The van der Waals surface area contributed by atoms with Gasteiger partial charge in [-0.2, -0.15) is 0 Å². The summed E-state index contributed by atoms with van der Waals surface area (Å²) in [6.45, 7) is 3.75. The molecule has 0 radical (unpaired) electrons. The Hall–Kier alpha value is -1.53. The van der Waals surface area contributed by atoms with E-state index in [1.807, 2.05) is 26.0 Å². The maximum atomic E-state index is 12.4. The number of halogens is 1. The van der Waals surface area contributed by atoms with Crippen LogP contribution in [-0.4, -0.2) is 15.5 Å². The Kier molecular flexibility index (Phi) is 4.58. The Balaban J connectivity index is 2.37. The van der Waals surface area contributed by atoms with Gasteiger partial charge in [-0.1, -0.05) is 15.9 Å². The first kappa shape index (κ1) is 15.9. The first-order valence-electron chi connectivity index (χ1n) is 6.41. The highest BCUT2D eigenvalue weighted by atomic mass is 79.9. The lowest BCUT2D eigenvalue weighted by Crippen LogP contribution is -2.14. The second-order valence-corrected chi connectivity index (χ2v) is 7.39. The fourth-order valence-corrected chi connectivity index (χ4v) is 3.96. The van der Waals surface area contributed by atoms with Gasteiger partial charge in [0.2, 0.25) is 0 Å². The Morgan fingerprint density at radius 2 is 1.52 bits per heavy atom. The fourth-order valence-electron chi connectivity index (χ4n) is 2.07. The Morgan fingerprint density at radius 3 is 2.00 bits per heavy atom. The normalized spacial score (nSPS) is 11.2. The van der Waals surface area contributed by atoms with Gasteiger partial charge in [-0.3, -0.25) is 4.72 Å². The Morgan fingerprint density at radius 1 is 1.00 bits per heavy atom. The first-order chi connectivity index (χ1) is 9.83. The van der Waals surface area contributed by atoms with Crippen molar-refractivity contribution in [3.8, 4) is 0 Å².